The normalized spacial score (nSPS) is 10.9. The van der Waals surface area contributed by atoms with Gasteiger partial charge in [-0.2, -0.15) is 0 Å². The second-order valence-corrected chi connectivity index (χ2v) is 40.7. The van der Waals surface area contributed by atoms with E-state index in [0.717, 1.165) is 0 Å². The van der Waals surface area contributed by atoms with Gasteiger partial charge in [0.15, 0.2) is 29.6 Å². The van der Waals surface area contributed by atoms with Crippen molar-refractivity contribution in [3.8, 4) is 11.5 Å². The van der Waals surface area contributed by atoms with Gasteiger partial charge in [0.1, 0.15) is 0 Å². The predicted molar refractivity (Wildman–Crippen MR) is 174 cm³/mol. The molecule has 236 valence electrons. The van der Waals surface area contributed by atoms with Crippen LogP contribution in [0, 0.1) is 10.8 Å². The van der Waals surface area contributed by atoms with Gasteiger partial charge in [-0.05, 0) is 35.4 Å². The topological polar surface area (TPSA) is 143 Å². The molecule has 0 radical (unpaired) electrons. The van der Waals surface area contributed by atoms with E-state index in [2.05, 4.69) is 9.95 Å². The molecule has 0 fully saturated rings. The van der Waals surface area contributed by atoms with Crippen molar-refractivity contribution in [3.63, 3.8) is 0 Å². The molecule has 0 heterocycles. The summed E-state index contributed by atoms with van der Waals surface area (Å²) in [7, 11) is 12.7. The van der Waals surface area contributed by atoms with E-state index in [-0.39, 0.29) is 32.7 Å². The molecule has 10 nitrogen and oxygen atoms in total. The number of sulfone groups is 2. The van der Waals surface area contributed by atoms with Crippen molar-refractivity contribution in [1.29, 1.82) is 10.8 Å². The van der Waals surface area contributed by atoms with Crippen molar-refractivity contribution in [1.82, 2.24) is 0 Å². The van der Waals surface area contributed by atoms with Crippen LogP contribution in [0.2, 0.25) is 0 Å². The summed E-state index contributed by atoms with van der Waals surface area (Å²) in [5, 5.41) is 17.8. The van der Waals surface area contributed by atoms with Gasteiger partial charge in [-0.25, -0.2) is 16.8 Å². The third kappa shape index (κ3) is 13.1. The van der Waals surface area contributed by atoms with Gasteiger partial charge in [-0.3, -0.25) is 0 Å². The molecular weight excluding hydrogens is 760 g/mol. The fraction of sp³-hybridized carbons (Fsp3) is 0.143. The zero-order chi connectivity index (χ0) is 33.7. The molecular formula is C28H26Cl4N4O6S2Zn. The second-order valence-electron chi connectivity index (χ2n) is 8.96. The molecule has 0 aromatic heterocycles. The van der Waals surface area contributed by atoms with E-state index >= 15 is 0 Å². The zero-order valence-corrected chi connectivity index (χ0v) is 31.5. The molecule has 4 aromatic rings. The van der Waals surface area contributed by atoms with Crippen LogP contribution in [0.1, 0.15) is 11.1 Å². The van der Waals surface area contributed by atoms with E-state index in [0.29, 0.717) is 22.6 Å². The Hall–Kier alpha value is -3.00. The molecule has 17 heteroatoms. The molecule has 45 heavy (non-hydrogen) atoms. The van der Waals surface area contributed by atoms with Gasteiger partial charge in [0, 0.05) is 0 Å². The number of methoxy groups -OCH3 is 2. The van der Waals surface area contributed by atoms with Crippen LogP contribution in [0.5, 0.6) is 11.5 Å². The molecule has 0 bridgehead atoms. The monoisotopic (exact) mass is 782 g/mol. The van der Waals surface area contributed by atoms with E-state index in [1.807, 2.05) is 12.1 Å². The Bertz CT molecular complexity index is 1750. The summed E-state index contributed by atoms with van der Waals surface area (Å²) in [6.45, 7) is 0. The molecule has 0 N–H and O–H groups in total. The Morgan fingerprint density at radius 1 is 0.600 bits per heavy atom. The molecule has 0 aliphatic carbocycles. The zero-order valence-electron chi connectivity index (χ0n) is 23.9. The number of diazo groups is 2. The van der Waals surface area contributed by atoms with Gasteiger partial charge in [0.25, 0.3) is 0 Å². The first-order valence-corrected chi connectivity index (χ1v) is 31.7. The fourth-order valence-corrected chi connectivity index (χ4v) is 6.37. The van der Waals surface area contributed by atoms with Gasteiger partial charge in [-0.1, -0.05) is 60.7 Å². The first kappa shape index (κ1) is 38.2. The summed E-state index contributed by atoms with van der Waals surface area (Å²) >= 11 is 0. The number of rotatable bonds is 8. The van der Waals surface area contributed by atoms with E-state index in [4.69, 9.17) is 59.0 Å². The maximum atomic E-state index is 12.3. The summed E-state index contributed by atoms with van der Waals surface area (Å²) in [6.07, 6.45) is 0. The van der Waals surface area contributed by atoms with E-state index in [1.165, 1.54) is 50.6 Å². The fourth-order valence-electron chi connectivity index (χ4n) is 3.64. The van der Waals surface area contributed by atoms with Crippen molar-refractivity contribution >= 4 is 69.8 Å². The average molecular weight is 786 g/mol. The van der Waals surface area contributed by atoms with Crippen LogP contribution < -0.4 is 9.47 Å². The number of halogens is 4. The second kappa shape index (κ2) is 17.6. The van der Waals surface area contributed by atoms with Crippen molar-refractivity contribution in [3.05, 3.63) is 118 Å². The quantitative estimate of drug-likeness (QED) is 0.127. The van der Waals surface area contributed by atoms with Crippen LogP contribution in [0.15, 0.2) is 107 Å². The van der Waals surface area contributed by atoms with Gasteiger partial charge in [0.2, 0.25) is 22.3 Å². The summed E-state index contributed by atoms with van der Waals surface area (Å²) in [6, 6.07) is 26.2. The number of hydrogen-bond donors (Lipinski definition) is 0. The Morgan fingerprint density at radius 3 is 1.18 bits per heavy atom. The first-order chi connectivity index (χ1) is 21.1. The van der Waals surface area contributed by atoms with Crippen LogP contribution >= 0.6 is 38.8 Å². The third-order valence-corrected chi connectivity index (χ3v) is 9.00. The van der Waals surface area contributed by atoms with Crippen LogP contribution in [-0.2, 0) is 42.0 Å². The number of hydrogen-bond acceptors (Lipinski definition) is 8. The van der Waals surface area contributed by atoms with Crippen LogP contribution in [0.3, 0.4) is 0 Å². The van der Waals surface area contributed by atoms with E-state index < -0.39 is 30.5 Å². The minimum atomic E-state index is -3.50. The molecule has 0 spiro atoms. The number of ether oxygens (including phenoxy) is 2. The molecule has 0 amide bonds. The summed E-state index contributed by atoms with van der Waals surface area (Å²) in [5.41, 5.74) is 1.57. The maximum absolute atomic E-state index is 12.3. The van der Waals surface area contributed by atoms with Crippen LogP contribution in [0.25, 0.3) is 9.95 Å². The van der Waals surface area contributed by atoms with E-state index in [9.17, 15) is 16.8 Å². The van der Waals surface area contributed by atoms with Crippen molar-refractivity contribution in [2.45, 2.75) is 21.3 Å². The average Bonchev–Trinajstić information content (AvgIpc) is 3.00. The molecule has 0 saturated carbocycles. The van der Waals surface area contributed by atoms with E-state index in [1.54, 1.807) is 48.5 Å². The van der Waals surface area contributed by atoms with Crippen molar-refractivity contribution in [2.24, 2.45) is 0 Å². The van der Waals surface area contributed by atoms with Gasteiger partial charge in [-0.15, -0.1) is 0 Å². The molecule has 0 aliphatic rings. The summed E-state index contributed by atoms with van der Waals surface area (Å²) < 4.78 is 59.2. The van der Waals surface area contributed by atoms with Crippen LogP contribution in [-0.4, -0.2) is 31.1 Å². The van der Waals surface area contributed by atoms with Crippen LogP contribution in [0.4, 0.5) is 11.4 Å². The summed E-state index contributed by atoms with van der Waals surface area (Å²) in [4.78, 5) is 6.25. The Morgan fingerprint density at radius 2 is 0.911 bits per heavy atom. The molecule has 4 aromatic carbocycles. The Kier molecular flexibility index (Phi) is 15.0. The minimum absolute atomic E-state index is 0.0848. The standard InChI is InChI=1S/2C14H13N2O3S.4ClH.Zn/c2*1-19-14-8-7-12(9-13(14)16-15)20(17,18)10-11-5-3-2-4-6-11;;;;;/h2*2-9H,10H2,1H3;4*1H;/q2*+1;;;;;+2/p-4. The Labute approximate surface area is 280 Å². The predicted octanol–water partition coefficient (Wildman–Crippen LogP) is 9.06. The third-order valence-electron chi connectivity index (χ3n) is 5.63. The SMILES string of the molecule is COc1ccc(S(=O)(=O)Cc2ccccc2)cc1[N+]#N.COc1ccc(S(=O)(=O)Cc2ccccc2)cc1[N+]#N.[Cl][Zn-2]([Cl])([Cl])[Cl]. The van der Waals surface area contributed by atoms with Gasteiger partial charge in [0.05, 0.1) is 47.6 Å². The number of benzene rings is 4. The molecule has 0 aliphatic heterocycles. The molecule has 0 saturated heterocycles. The first-order valence-electron chi connectivity index (χ1n) is 12.8. The van der Waals surface area contributed by atoms with Gasteiger partial charge >= 0.3 is 61.0 Å². The Balaban J connectivity index is 0.000000273. The van der Waals surface area contributed by atoms with Crippen molar-refractivity contribution < 1.29 is 37.1 Å². The van der Waals surface area contributed by atoms with Crippen molar-refractivity contribution in [2.75, 3.05) is 14.2 Å². The molecule has 4 rings (SSSR count). The van der Waals surface area contributed by atoms with Gasteiger partial charge < -0.3 is 9.47 Å². The summed E-state index contributed by atoms with van der Waals surface area (Å²) in [5.74, 6) is 0.410. The number of nitrogens with zero attached hydrogens (tertiary/aromatic N) is 4. The molecule has 0 atom stereocenters. The molecule has 0 unspecified atom stereocenters.